The monoisotopic (exact) mass is 272 g/mol. The highest BCUT2D eigenvalue weighted by Gasteiger charge is 2.20. The van der Waals surface area contributed by atoms with Crippen molar-refractivity contribution in [3.8, 4) is 5.75 Å². The van der Waals surface area contributed by atoms with Crippen LogP contribution in [0.1, 0.15) is 25.8 Å². The van der Waals surface area contributed by atoms with Crippen LogP contribution < -0.4 is 4.74 Å². The first kappa shape index (κ1) is 14.8. The van der Waals surface area contributed by atoms with E-state index in [2.05, 4.69) is 0 Å². The number of benzene rings is 1. The van der Waals surface area contributed by atoms with Crippen LogP contribution in [0.2, 0.25) is 5.02 Å². The van der Waals surface area contributed by atoms with Gasteiger partial charge in [-0.3, -0.25) is 0 Å². The van der Waals surface area contributed by atoms with E-state index in [1.54, 1.807) is 25.1 Å². The van der Waals surface area contributed by atoms with Gasteiger partial charge < -0.3 is 14.6 Å². The van der Waals surface area contributed by atoms with Gasteiger partial charge >= 0.3 is 5.97 Å². The lowest BCUT2D eigenvalue weighted by Gasteiger charge is -2.17. The average Bonchev–Trinajstić information content (AvgIpc) is 2.37. The van der Waals surface area contributed by atoms with E-state index in [1.807, 2.05) is 6.92 Å². The van der Waals surface area contributed by atoms with Crippen molar-refractivity contribution in [1.82, 2.24) is 0 Å². The molecule has 0 bridgehead atoms. The van der Waals surface area contributed by atoms with E-state index in [0.29, 0.717) is 29.4 Å². The number of carbonyl (C=O) groups excluding carboxylic acids is 1. The number of esters is 1. The molecule has 4 nitrogen and oxygen atoms in total. The molecule has 1 aromatic rings. The molecule has 0 amide bonds. The zero-order chi connectivity index (χ0) is 13.5. The molecule has 1 atom stereocenters. The fraction of sp³-hybridized carbons (Fsp3) is 0.462. The molecule has 0 aliphatic rings. The molecule has 100 valence electrons. The van der Waals surface area contributed by atoms with Crippen LogP contribution in [0, 0.1) is 0 Å². The number of ether oxygens (including phenoxy) is 2. The van der Waals surface area contributed by atoms with Gasteiger partial charge in [-0.1, -0.05) is 24.6 Å². The van der Waals surface area contributed by atoms with Crippen LogP contribution in [-0.2, 0) is 16.1 Å². The minimum Gasteiger partial charge on any atom is -0.477 e. The van der Waals surface area contributed by atoms with Crippen LogP contribution in [-0.4, -0.2) is 23.8 Å². The van der Waals surface area contributed by atoms with E-state index >= 15 is 0 Å². The molecular weight excluding hydrogens is 256 g/mol. The van der Waals surface area contributed by atoms with Gasteiger partial charge in [-0.15, -0.1) is 0 Å². The lowest BCUT2D eigenvalue weighted by molar-refractivity contribution is -0.151. The Morgan fingerprint density at radius 1 is 1.44 bits per heavy atom. The molecule has 0 aromatic heterocycles. The first-order valence-corrected chi connectivity index (χ1v) is 6.22. The smallest absolute Gasteiger partial charge is 0.347 e. The topological polar surface area (TPSA) is 55.8 Å². The van der Waals surface area contributed by atoms with Crippen LogP contribution in [0.25, 0.3) is 0 Å². The first-order valence-electron chi connectivity index (χ1n) is 5.84. The maximum atomic E-state index is 11.6. The zero-order valence-corrected chi connectivity index (χ0v) is 11.2. The molecule has 0 saturated carbocycles. The van der Waals surface area contributed by atoms with Gasteiger partial charge in [0.1, 0.15) is 5.75 Å². The van der Waals surface area contributed by atoms with Crippen molar-refractivity contribution in [3.63, 3.8) is 0 Å². The Hall–Kier alpha value is -1.26. The number of hydrogen-bond acceptors (Lipinski definition) is 4. The van der Waals surface area contributed by atoms with Gasteiger partial charge in [-0.2, -0.15) is 0 Å². The Bertz CT molecular complexity index is 406. The largest absolute Gasteiger partial charge is 0.477 e. The molecule has 1 N–H and O–H groups in total. The second kappa shape index (κ2) is 7.24. The number of carbonyl (C=O) groups is 1. The van der Waals surface area contributed by atoms with Gasteiger partial charge in [0.25, 0.3) is 0 Å². The van der Waals surface area contributed by atoms with Crippen molar-refractivity contribution < 1.29 is 19.4 Å². The van der Waals surface area contributed by atoms with Gasteiger partial charge in [0, 0.05) is 0 Å². The Balaban J connectivity index is 2.78. The Morgan fingerprint density at radius 2 is 2.17 bits per heavy atom. The Kier molecular flexibility index (Phi) is 5.95. The van der Waals surface area contributed by atoms with Crippen molar-refractivity contribution >= 4 is 17.6 Å². The van der Waals surface area contributed by atoms with E-state index < -0.39 is 12.1 Å². The predicted octanol–water partition coefficient (Wildman–Crippen LogP) is 2.55. The minimum atomic E-state index is -0.664. The van der Waals surface area contributed by atoms with E-state index in [9.17, 15) is 4.79 Å². The van der Waals surface area contributed by atoms with E-state index in [-0.39, 0.29) is 6.61 Å². The third kappa shape index (κ3) is 3.89. The molecule has 1 aromatic carbocycles. The summed E-state index contributed by atoms with van der Waals surface area (Å²) in [6, 6.07) is 4.93. The molecule has 1 rings (SSSR count). The molecule has 0 fully saturated rings. The maximum absolute atomic E-state index is 11.6. The molecule has 0 aliphatic carbocycles. The summed E-state index contributed by atoms with van der Waals surface area (Å²) in [6.45, 7) is 3.80. The summed E-state index contributed by atoms with van der Waals surface area (Å²) >= 11 is 6.00. The molecule has 0 spiro atoms. The highest BCUT2D eigenvalue weighted by atomic mass is 35.5. The van der Waals surface area contributed by atoms with Gasteiger partial charge in [0.2, 0.25) is 0 Å². The van der Waals surface area contributed by atoms with Crippen molar-refractivity contribution in [2.24, 2.45) is 0 Å². The summed E-state index contributed by atoms with van der Waals surface area (Å²) < 4.78 is 10.4. The highest BCUT2D eigenvalue weighted by Crippen LogP contribution is 2.27. The fourth-order valence-corrected chi connectivity index (χ4v) is 1.67. The van der Waals surface area contributed by atoms with Crippen molar-refractivity contribution in [2.45, 2.75) is 33.0 Å². The Labute approximate surface area is 111 Å². The Morgan fingerprint density at radius 3 is 2.67 bits per heavy atom. The average molecular weight is 273 g/mol. The lowest BCUT2D eigenvalue weighted by atomic mass is 10.2. The van der Waals surface area contributed by atoms with Crippen LogP contribution in [0.3, 0.4) is 0 Å². The van der Waals surface area contributed by atoms with E-state index in [4.69, 9.17) is 26.2 Å². The van der Waals surface area contributed by atoms with Crippen molar-refractivity contribution in [1.29, 1.82) is 0 Å². The van der Waals surface area contributed by atoms with Crippen molar-refractivity contribution in [3.05, 3.63) is 28.8 Å². The first-order chi connectivity index (χ1) is 8.62. The standard InChI is InChI=1S/C13H17ClO4/c1-3-11(13(16)17-4-2)18-12-6-5-9(8-15)7-10(12)14/h5-7,11,15H,3-4,8H2,1-2H3. The van der Waals surface area contributed by atoms with Gasteiger partial charge in [-0.05, 0) is 31.0 Å². The zero-order valence-electron chi connectivity index (χ0n) is 10.5. The van der Waals surface area contributed by atoms with Gasteiger partial charge in [0.05, 0.1) is 18.2 Å². The second-order valence-electron chi connectivity index (χ2n) is 3.69. The third-order valence-electron chi connectivity index (χ3n) is 2.37. The molecule has 0 saturated heterocycles. The molecule has 0 aliphatic heterocycles. The third-order valence-corrected chi connectivity index (χ3v) is 2.66. The van der Waals surface area contributed by atoms with Crippen LogP contribution >= 0.6 is 11.6 Å². The van der Waals surface area contributed by atoms with E-state index in [1.165, 1.54) is 0 Å². The maximum Gasteiger partial charge on any atom is 0.347 e. The van der Waals surface area contributed by atoms with Gasteiger partial charge in [-0.25, -0.2) is 4.79 Å². The molecule has 1 unspecified atom stereocenters. The predicted molar refractivity (Wildman–Crippen MR) is 68.7 cm³/mol. The summed E-state index contributed by atoms with van der Waals surface area (Å²) in [6.07, 6.45) is -0.167. The van der Waals surface area contributed by atoms with Crippen LogP contribution in [0.5, 0.6) is 5.75 Å². The quantitative estimate of drug-likeness (QED) is 0.809. The summed E-state index contributed by atoms with van der Waals surface area (Å²) in [5, 5.41) is 9.33. The van der Waals surface area contributed by atoms with E-state index in [0.717, 1.165) is 0 Å². The molecular formula is C13H17ClO4. The SMILES string of the molecule is CCOC(=O)C(CC)Oc1ccc(CO)cc1Cl. The number of aliphatic hydroxyl groups excluding tert-OH is 1. The fourth-order valence-electron chi connectivity index (χ4n) is 1.42. The number of rotatable bonds is 6. The van der Waals surface area contributed by atoms with Gasteiger partial charge in [0.15, 0.2) is 6.10 Å². The lowest BCUT2D eigenvalue weighted by Crippen LogP contribution is -2.28. The van der Waals surface area contributed by atoms with Crippen LogP contribution in [0.4, 0.5) is 0 Å². The minimum absolute atomic E-state index is 0.0882. The molecule has 5 heteroatoms. The summed E-state index contributed by atoms with van der Waals surface area (Å²) in [7, 11) is 0. The summed E-state index contributed by atoms with van der Waals surface area (Å²) in [5.74, 6) is 0.0103. The normalized spacial score (nSPS) is 12.0. The number of aliphatic hydroxyl groups is 1. The van der Waals surface area contributed by atoms with Crippen molar-refractivity contribution in [2.75, 3.05) is 6.61 Å². The highest BCUT2D eigenvalue weighted by molar-refractivity contribution is 6.32. The molecule has 0 radical (unpaired) electrons. The second-order valence-corrected chi connectivity index (χ2v) is 4.10. The van der Waals surface area contributed by atoms with Crippen LogP contribution in [0.15, 0.2) is 18.2 Å². The molecule has 18 heavy (non-hydrogen) atoms. The summed E-state index contributed by atoms with van der Waals surface area (Å²) in [5.41, 5.74) is 0.691. The number of hydrogen-bond donors (Lipinski definition) is 1. The molecule has 0 heterocycles. The number of halogens is 1. The summed E-state index contributed by atoms with van der Waals surface area (Å²) in [4.78, 5) is 11.6.